The highest BCUT2D eigenvalue weighted by atomic mass is 16.3. The van der Waals surface area contributed by atoms with Crippen molar-refractivity contribution in [3.8, 4) is 5.88 Å². The van der Waals surface area contributed by atoms with Crippen LogP contribution in [-0.4, -0.2) is 20.4 Å². The number of aromatic nitrogens is 2. The Balaban J connectivity index is 1.93. The highest BCUT2D eigenvalue weighted by molar-refractivity contribution is 6.03. The highest BCUT2D eigenvalue weighted by Gasteiger charge is 2.26. The predicted octanol–water partition coefficient (Wildman–Crippen LogP) is 1.48. The molecule has 1 aromatic heterocycles. The number of hydrogen-bond donors (Lipinski definition) is 3. The summed E-state index contributed by atoms with van der Waals surface area (Å²) in [6, 6.07) is 9.69. The minimum absolute atomic E-state index is 0.0592. The molecule has 3 rings (SSSR count). The molecule has 0 bridgehead atoms. The predicted molar refractivity (Wildman–Crippen MR) is 91.4 cm³/mol. The number of hydrogen-bond acceptors (Lipinski definition) is 5. The van der Waals surface area contributed by atoms with Gasteiger partial charge in [0.1, 0.15) is 5.56 Å². The molecule has 3 N–H and O–H groups in total. The number of rotatable bonds is 5. The molecule has 2 aromatic rings. The maximum Gasteiger partial charge on any atom is 0.331 e. The molecule has 126 valence electrons. The van der Waals surface area contributed by atoms with Gasteiger partial charge in [-0.2, -0.15) is 5.10 Å². The smallest absolute Gasteiger partial charge is 0.331 e. The summed E-state index contributed by atoms with van der Waals surface area (Å²) in [7, 11) is 0. The van der Waals surface area contributed by atoms with E-state index < -0.39 is 11.2 Å². The number of H-pyrrole nitrogens is 1. The first-order valence-electron chi connectivity index (χ1n) is 8.05. The van der Waals surface area contributed by atoms with Gasteiger partial charge in [0.25, 0.3) is 5.56 Å². The molecule has 2 heterocycles. The average molecular weight is 328 g/mol. The third-order valence-electron chi connectivity index (χ3n) is 4.15. The van der Waals surface area contributed by atoms with Crippen molar-refractivity contribution >= 4 is 5.71 Å². The van der Waals surface area contributed by atoms with Gasteiger partial charge >= 0.3 is 5.69 Å². The molecule has 0 radical (unpaired) electrons. The van der Waals surface area contributed by atoms with Crippen LogP contribution < -0.4 is 16.7 Å². The van der Waals surface area contributed by atoms with Crippen LogP contribution in [0.25, 0.3) is 0 Å². The van der Waals surface area contributed by atoms with Crippen molar-refractivity contribution in [2.45, 2.75) is 38.8 Å². The van der Waals surface area contributed by atoms with E-state index >= 15 is 0 Å². The van der Waals surface area contributed by atoms with Crippen LogP contribution in [0.3, 0.4) is 0 Å². The van der Waals surface area contributed by atoms with Crippen LogP contribution in [-0.2, 0) is 6.54 Å². The van der Waals surface area contributed by atoms with Crippen molar-refractivity contribution < 1.29 is 5.11 Å². The average Bonchev–Trinajstić information content (AvgIpc) is 3.05. The van der Waals surface area contributed by atoms with Gasteiger partial charge < -0.3 is 10.5 Å². The number of unbranched alkanes of at least 4 members (excludes halogenated alkanes) is 1. The van der Waals surface area contributed by atoms with Crippen molar-refractivity contribution in [1.29, 1.82) is 0 Å². The lowest BCUT2D eigenvalue weighted by Gasteiger charge is -2.11. The second-order valence-electron chi connectivity index (χ2n) is 5.82. The summed E-state index contributed by atoms with van der Waals surface area (Å²) in [5.41, 5.74) is 3.35. The van der Waals surface area contributed by atoms with Crippen LogP contribution in [0.2, 0.25) is 0 Å². The Morgan fingerprint density at radius 1 is 1.29 bits per heavy atom. The maximum absolute atomic E-state index is 12.2. The molecule has 0 saturated heterocycles. The number of benzene rings is 1. The molecule has 0 unspecified atom stereocenters. The molecule has 0 fully saturated rings. The van der Waals surface area contributed by atoms with Crippen LogP contribution >= 0.6 is 0 Å². The molecule has 0 amide bonds. The van der Waals surface area contributed by atoms with E-state index in [1.165, 1.54) is 4.57 Å². The van der Waals surface area contributed by atoms with E-state index in [0.29, 0.717) is 18.7 Å². The summed E-state index contributed by atoms with van der Waals surface area (Å²) in [5, 5.41) is 14.6. The van der Waals surface area contributed by atoms with Gasteiger partial charge in [0.2, 0.25) is 5.88 Å². The molecule has 1 aliphatic heterocycles. The van der Waals surface area contributed by atoms with Crippen LogP contribution in [0.4, 0.5) is 0 Å². The minimum Gasteiger partial charge on any atom is -0.494 e. The molecule has 0 aliphatic carbocycles. The first kappa shape index (κ1) is 16.0. The Labute approximate surface area is 138 Å². The first-order chi connectivity index (χ1) is 11.6. The zero-order chi connectivity index (χ0) is 17.1. The van der Waals surface area contributed by atoms with Gasteiger partial charge in [0.15, 0.2) is 0 Å². The summed E-state index contributed by atoms with van der Waals surface area (Å²) in [4.78, 5) is 26.4. The van der Waals surface area contributed by atoms with Crippen LogP contribution in [0.15, 0.2) is 45.0 Å². The van der Waals surface area contributed by atoms with E-state index in [1.807, 2.05) is 37.3 Å². The van der Waals surface area contributed by atoms with Crippen molar-refractivity contribution in [1.82, 2.24) is 15.0 Å². The van der Waals surface area contributed by atoms with Crippen LogP contribution in [0.1, 0.15) is 43.4 Å². The lowest BCUT2D eigenvalue weighted by atomic mass is 10.0. The van der Waals surface area contributed by atoms with E-state index in [9.17, 15) is 14.7 Å². The largest absolute Gasteiger partial charge is 0.494 e. The van der Waals surface area contributed by atoms with E-state index in [-0.39, 0.29) is 17.5 Å². The fourth-order valence-corrected chi connectivity index (χ4v) is 2.82. The normalized spacial score (nSPS) is 16.7. The first-order valence-corrected chi connectivity index (χ1v) is 8.05. The van der Waals surface area contributed by atoms with Crippen molar-refractivity contribution in [2.75, 3.05) is 0 Å². The van der Waals surface area contributed by atoms with E-state index in [0.717, 1.165) is 18.4 Å². The molecule has 0 spiro atoms. The van der Waals surface area contributed by atoms with Gasteiger partial charge in [-0.1, -0.05) is 43.7 Å². The molecule has 7 heteroatoms. The number of nitrogens with one attached hydrogen (secondary N) is 2. The molecular formula is C17H20N4O3. The summed E-state index contributed by atoms with van der Waals surface area (Å²) in [5.74, 6) is -0.313. The lowest BCUT2D eigenvalue weighted by molar-refractivity contribution is 0.394. The van der Waals surface area contributed by atoms with E-state index in [4.69, 9.17) is 0 Å². The molecule has 1 atom stereocenters. The van der Waals surface area contributed by atoms with Crippen molar-refractivity contribution in [3.63, 3.8) is 0 Å². The molecule has 0 saturated carbocycles. The monoisotopic (exact) mass is 328 g/mol. The number of aromatic amines is 1. The van der Waals surface area contributed by atoms with E-state index in [1.54, 1.807) is 0 Å². The van der Waals surface area contributed by atoms with Gasteiger partial charge in [-0.15, -0.1) is 0 Å². The SMILES string of the molecule is CCCCn1c(O)c(C2=NN[C@H](c3ccccc3)C2)c(=O)[nH]c1=O. The van der Waals surface area contributed by atoms with Gasteiger partial charge in [-0.3, -0.25) is 14.3 Å². The Hall–Kier alpha value is -2.83. The number of nitrogens with zero attached hydrogens (tertiary/aromatic N) is 2. The van der Waals surface area contributed by atoms with Gasteiger partial charge in [-0.05, 0) is 12.0 Å². The lowest BCUT2D eigenvalue weighted by Crippen LogP contribution is -2.33. The van der Waals surface area contributed by atoms with Gasteiger partial charge in [0.05, 0.1) is 11.8 Å². The zero-order valence-electron chi connectivity index (χ0n) is 13.5. The standard InChI is InChI=1S/C17H20N4O3/c1-2-3-9-21-16(23)14(15(22)18-17(21)24)13-10-12(19-20-13)11-7-5-4-6-8-11/h4-8,12,19,23H,2-3,9-10H2,1H3,(H,18,22,24)/t12-/m0/s1. The number of hydrazone groups is 1. The Morgan fingerprint density at radius 2 is 2.04 bits per heavy atom. The molecule has 1 aliphatic rings. The second kappa shape index (κ2) is 6.74. The molecule has 1 aromatic carbocycles. The quantitative estimate of drug-likeness (QED) is 0.774. The van der Waals surface area contributed by atoms with E-state index in [2.05, 4.69) is 15.5 Å². The fraction of sp³-hybridized carbons (Fsp3) is 0.353. The third-order valence-corrected chi connectivity index (χ3v) is 4.15. The number of aromatic hydroxyl groups is 1. The van der Waals surface area contributed by atoms with Gasteiger partial charge in [-0.25, -0.2) is 4.79 Å². The fourth-order valence-electron chi connectivity index (χ4n) is 2.82. The van der Waals surface area contributed by atoms with Gasteiger partial charge in [0, 0.05) is 13.0 Å². The van der Waals surface area contributed by atoms with Crippen LogP contribution in [0, 0.1) is 0 Å². The molecule has 24 heavy (non-hydrogen) atoms. The summed E-state index contributed by atoms with van der Waals surface area (Å²) in [6.07, 6.45) is 2.07. The summed E-state index contributed by atoms with van der Waals surface area (Å²) >= 11 is 0. The van der Waals surface area contributed by atoms with Crippen molar-refractivity contribution in [2.24, 2.45) is 5.10 Å². The molecular weight excluding hydrogens is 308 g/mol. The summed E-state index contributed by atoms with van der Waals surface area (Å²) < 4.78 is 1.19. The molecule has 7 nitrogen and oxygen atoms in total. The third kappa shape index (κ3) is 2.97. The maximum atomic E-state index is 12.2. The van der Waals surface area contributed by atoms with Crippen LogP contribution in [0.5, 0.6) is 5.88 Å². The topological polar surface area (TPSA) is 99.5 Å². The Kier molecular flexibility index (Phi) is 4.50. The Bertz CT molecular complexity index is 868. The minimum atomic E-state index is -0.612. The summed E-state index contributed by atoms with van der Waals surface area (Å²) in [6.45, 7) is 2.35. The highest BCUT2D eigenvalue weighted by Crippen LogP contribution is 2.25. The Morgan fingerprint density at radius 3 is 2.75 bits per heavy atom. The zero-order valence-corrected chi connectivity index (χ0v) is 13.5. The second-order valence-corrected chi connectivity index (χ2v) is 5.82. The van der Waals surface area contributed by atoms with Crippen molar-refractivity contribution in [3.05, 3.63) is 62.3 Å².